The number of rotatable bonds is 4. The lowest BCUT2D eigenvalue weighted by atomic mass is 9.86. The summed E-state index contributed by atoms with van der Waals surface area (Å²) in [7, 11) is 3.16. The molecule has 6 nitrogen and oxygen atoms in total. The van der Waals surface area contributed by atoms with Crippen LogP contribution in [0.1, 0.15) is 17.9 Å². The Kier molecular flexibility index (Phi) is 5.36. The minimum atomic E-state index is -0.283. The number of carbonyl (C=O) groups is 1. The van der Waals surface area contributed by atoms with Crippen LogP contribution in [-0.4, -0.2) is 37.6 Å². The molecule has 0 aromatic heterocycles. The quantitative estimate of drug-likeness (QED) is 0.765. The first-order chi connectivity index (χ1) is 14.2. The molecule has 2 aliphatic heterocycles. The Bertz CT molecular complexity index is 1000. The van der Waals surface area contributed by atoms with Crippen LogP contribution in [0.3, 0.4) is 0 Å². The summed E-state index contributed by atoms with van der Waals surface area (Å²) in [6, 6.07) is 17.9. The summed E-state index contributed by atoms with van der Waals surface area (Å²) < 4.78 is 10.7. The van der Waals surface area contributed by atoms with Gasteiger partial charge in [-0.25, -0.2) is 0 Å². The van der Waals surface area contributed by atoms with Gasteiger partial charge in [0, 0.05) is 18.0 Å². The number of methoxy groups -OCH3 is 2. The van der Waals surface area contributed by atoms with Gasteiger partial charge in [0.05, 0.1) is 43.4 Å². The van der Waals surface area contributed by atoms with E-state index in [1.165, 1.54) is 11.8 Å². The van der Waals surface area contributed by atoms with Crippen molar-refractivity contribution in [1.82, 2.24) is 4.90 Å². The highest BCUT2D eigenvalue weighted by Gasteiger charge is 2.38. The highest BCUT2D eigenvalue weighted by molar-refractivity contribution is 8.03. The van der Waals surface area contributed by atoms with E-state index in [4.69, 9.17) is 9.47 Å². The molecular formula is C22H21N3O3S. The maximum Gasteiger partial charge on any atom is 0.229 e. The first-order valence-corrected chi connectivity index (χ1v) is 10.2. The van der Waals surface area contributed by atoms with Gasteiger partial charge < -0.3 is 14.4 Å². The van der Waals surface area contributed by atoms with Crippen molar-refractivity contribution in [3.05, 3.63) is 64.7 Å². The number of thioether (sulfide) groups is 1. The molecule has 29 heavy (non-hydrogen) atoms. The Morgan fingerprint density at radius 2 is 1.86 bits per heavy atom. The van der Waals surface area contributed by atoms with Gasteiger partial charge in [0.15, 0.2) is 11.5 Å². The number of carbonyl (C=O) groups excluding carboxylic acids is 1. The van der Waals surface area contributed by atoms with Crippen LogP contribution in [-0.2, 0) is 4.79 Å². The number of nitriles is 1. The van der Waals surface area contributed by atoms with Gasteiger partial charge in [0.1, 0.15) is 0 Å². The highest BCUT2D eigenvalue weighted by Crippen LogP contribution is 2.44. The van der Waals surface area contributed by atoms with Gasteiger partial charge in [-0.3, -0.25) is 9.69 Å². The smallest absolute Gasteiger partial charge is 0.229 e. The second-order valence-corrected chi connectivity index (χ2v) is 7.75. The summed E-state index contributed by atoms with van der Waals surface area (Å²) in [6.07, 6.45) is 0.255. The monoisotopic (exact) mass is 407 g/mol. The minimum Gasteiger partial charge on any atom is -0.493 e. The molecule has 0 aliphatic carbocycles. The molecule has 1 amide bonds. The van der Waals surface area contributed by atoms with Gasteiger partial charge in [0.2, 0.25) is 5.91 Å². The molecule has 2 aromatic rings. The van der Waals surface area contributed by atoms with Crippen molar-refractivity contribution in [2.45, 2.75) is 12.3 Å². The van der Waals surface area contributed by atoms with E-state index < -0.39 is 0 Å². The van der Waals surface area contributed by atoms with Gasteiger partial charge in [-0.2, -0.15) is 5.26 Å². The van der Waals surface area contributed by atoms with Crippen LogP contribution in [0, 0.1) is 11.3 Å². The van der Waals surface area contributed by atoms with Crippen LogP contribution >= 0.6 is 11.8 Å². The molecule has 7 heteroatoms. The van der Waals surface area contributed by atoms with E-state index in [1.807, 2.05) is 48.5 Å². The third kappa shape index (κ3) is 3.52. The first kappa shape index (κ1) is 19.2. The van der Waals surface area contributed by atoms with Gasteiger partial charge in [-0.1, -0.05) is 36.0 Å². The van der Waals surface area contributed by atoms with Crippen molar-refractivity contribution < 1.29 is 14.3 Å². The molecule has 0 spiro atoms. The number of benzene rings is 2. The van der Waals surface area contributed by atoms with Crippen LogP contribution in [0.5, 0.6) is 11.5 Å². The third-order valence-corrected chi connectivity index (χ3v) is 6.38. The predicted molar refractivity (Wildman–Crippen MR) is 113 cm³/mol. The standard InChI is InChI=1S/C22H21N3O3S/c1-27-19-9-8-15(10-20(19)28-2)17-11-21(26)25-13-24(16-6-4-3-5-7-16)14-29-22(25)18(17)12-23/h3-10,17H,11,13-14H2,1-2H3. The van der Waals surface area contributed by atoms with Gasteiger partial charge in [-0.05, 0) is 29.8 Å². The van der Waals surface area contributed by atoms with Gasteiger partial charge in [-0.15, -0.1) is 0 Å². The molecule has 0 radical (unpaired) electrons. The number of hydrogen-bond donors (Lipinski definition) is 0. The average molecular weight is 407 g/mol. The van der Waals surface area contributed by atoms with Crippen molar-refractivity contribution in [2.75, 3.05) is 31.7 Å². The molecule has 1 atom stereocenters. The molecular weight excluding hydrogens is 386 g/mol. The Balaban J connectivity index is 1.68. The van der Waals surface area contributed by atoms with E-state index in [2.05, 4.69) is 11.0 Å². The third-order valence-electron chi connectivity index (χ3n) is 5.22. The Hall–Kier alpha value is -3.11. The molecule has 148 valence electrons. The summed E-state index contributed by atoms with van der Waals surface area (Å²) >= 11 is 1.53. The SMILES string of the molecule is COc1ccc(C2CC(=O)N3CN(c4ccccc4)CSC3=C2C#N)cc1OC. The molecule has 2 aliphatic rings. The number of amides is 1. The largest absolute Gasteiger partial charge is 0.493 e. The van der Waals surface area contributed by atoms with Crippen molar-refractivity contribution in [3.63, 3.8) is 0 Å². The van der Waals surface area contributed by atoms with E-state index >= 15 is 0 Å². The Morgan fingerprint density at radius 1 is 1.10 bits per heavy atom. The topological polar surface area (TPSA) is 65.8 Å². The van der Waals surface area contributed by atoms with Crippen LogP contribution in [0.2, 0.25) is 0 Å². The van der Waals surface area contributed by atoms with Crippen LogP contribution in [0.25, 0.3) is 0 Å². The molecule has 2 aromatic carbocycles. The van der Waals surface area contributed by atoms with E-state index in [9.17, 15) is 10.1 Å². The average Bonchev–Trinajstić information content (AvgIpc) is 2.79. The molecule has 0 bridgehead atoms. The number of allylic oxidation sites excluding steroid dienone is 1. The zero-order valence-corrected chi connectivity index (χ0v) is 17.1. The summed E-state index contributed by atoms with van der Waals surface area (Å²) in [4.78, 5) is 16.9. The molecule has 4 rings (SSSR count). The van der Waals surface area contributed by atoms with Crippen LogP contribution in [0.15, 0.2) is 59.1 Å². The fourth-order valence-corrected chi connectivity index (χ4v) is 4.89. The van der Waals surface area contributed by atoms with Crippen molar-refractivity contribution in [3.8, 4) is 17.6 Å². The summed E-state index contributed by atoms with van der Waals surface area (Å²) in [5, 5.41) is 10.7. The number of nitrogens with zero attached hydrogens (tertiary/aromatic N) is 3. The second kappa shape index (κ2) is 8.10. The fourth-order valence-electron chi connectivity index (χ4n) is 3.72. The Labute approximate surface area is 174 Å². The summed E-state index contributed by atoms with van der Waals surface area (Å²) in [5.74, 6) is 1.64. The minimum absolute atomic E-state index is 0.0203. The van der Waals surface area contributed by atoms with Gasteiger partial charge in [0.25, 0.3) is 0 Å². The lowest BCUT2D eigenvalue weighted by molar-refractivity contribution is -0.129. The Morgan fingerprint density at radius 3 is 2.55 bits per heavy atom. The van der Waals surface area contributed by atoms with E-state index in [1.54, 1.807) is 19.1 Å². The lowest BCUT2D eigenvalue weighted by Gasteiger charge is -2.42. The van der Waals surface area contributed by atoms with Crippen molar-refractivity contribution in [2.24, 2.45) is 0 Å². The predicted octanol–water partition coefficient (Wildman–Crippen LogP) is 3.92. The van der Waals surface area contributed by atoms with Crippen molar-refractivity contribution >= 4 is 23.4 Å². The number of hydrogen-bond acceptors (Lipinski definition) is 6. The zero-order chi connectivity index (χ0) is 20.4. The number of ether oxygens (including phenoxy) is 2. The molecule has 0 saturated carbocycles. The maximum absolute atomic E-state index is 13.0. The number of anilines is 1. The summed E-state index contributed by atoms with van der Waals surface area (Å²) in [5.41, 5.74) is 2.58. The maximum atomic E-state index is 13.0. The molecule has 1 fully saturated rings. The molecule has 0 N–H and O–H groups in total. The zero-order valence-electron chi connectivity index (χ0n) is 16.3. The van der Waals surface area contributed by atoms with Crippen molar-refractivity contribution in [1.29, 1.82) is 5.26 Å². The van der Waals surface area contributed by atoms with Crippen LogP contribution in [0.4, 0.5) is 5.69 Å². The highest BCUT2D eigenvalue weighted by atomic mass is 32.2. The normalized spacial score (nSPS) is 18.9. The summed E-state index contributed by atoms with van der Waals surface area (Å²) in [6.45, 7) is 0.453. The molecule has 2 heterocycles. The molecule has 1 unspecified atom stereocenters. The van der Waals surface area contributed by atoms with E-state index in [-0.39, 0.29) is 18.2 Å². The first-order valence-electron chi connectivity index (χ1n) is 9.25. The van der Waals surface area contributed by atoms with Gasteiger partial charge >= 0.3 is 0 Å². The van der Waals surface area contributed by atoms with E-state index in [0.717, 1.165) is 16.3 Å². The number of fused-ring (bicyclic) bond motifs is 1. The van der Waals surface area contributed by atoms with E-state index in [0.29, 0.717) is 29.6 Å². The van der Waals surface area contributed by atoms with Crippen LogP contribution < -0.4 is 14.4 Å². The second-order valence-electron chi connectivity index (χ2n) is 6.81. The fraction of sp³-hybridized carbons (Fsp3) is 0.273. The lowest BCUT2D eigenvalue weighted by Crippen LogP contribution is -2.47. The number of para-hydroxylation sites is 1. The molecule has 1 saturated heterocycles.